The topological polar surface area (TPSA) is 74.5 Å². The first kappa shape index (κ1) is 14.7. The fraction of sp³-hybridized carbons (Fsp3) is 0.615. The Hall–Kier alpha value is -1.73. The molecule has 1 fully saturated rings. The minimum atomic E-state index is -0.405. The molecule has 1 unspecified atom stereocenters. The summed E-state index contributed by atoms with van der Waals surface area (Å²) in [6, 6.07) is 3.17. The van der Waals surface area contributed by atoms with Crippen molar-refractivity contribution in [2.75, 3.05) is 45.1 Å². The van der Waals surface area contributed by atoms with Gasteiger partial charge in [-0.25, -0.2) is 4.98 Å². The van der Waals surface area contributed by atoms with Crippen molar-refractivity contribution in [3.63, 3.8) is 0 Å². The molecule has 7 nitrogen and oxygen atoms in total. The van der Waals surface area contributed by atoms with E-state index >= 15 is 0 Å². The molecule has 110 valence electrons. The monoisotopic (exact) mass is 279 g/mol. The van der Waals surface area contributed by atoms with Gasteiger partial charge < -0.3 is 10.2 Å². The molecule has 1 N–H and O–H groups in total. The van der Waals surface area contributed by atoms with Crippen molar-refractivity contribution in [2.24, 2.45) is 0 Å². The molecule has 0 aliphatic carbocycles. The molecule has 1 saturated heterocycles. The number of nitro groups is 1. The highest BCUT2D eigenvalue weighted by atomic mass is 16.6. The lowest BCUT2D eigenvalue weighted by atomic mass is 10.2. The van der Waals surface area contributed by atoms with Gasteiger partial charge in [-0.1, -0.05) is 0 Å². The van der Waals surface area contributed by atoms with Gasteiger partial charge in [-0.15, -0.1) is 0 Å². The van der Waals surface area contributed by atoms with Gasteiger partial charge in [-0.2, -0.15) is 0 Å². The van der Waals surface area contributed by atoms with Crippen LogP contribution in [-0.4, -0.2) is 65.5 Å². The van der Waals surface area contributed by atoms with Crippen LogP contribution in [-0.2, 0) is 0 Å². The minimum absolute atomic E-state index is 0.0257. The standard InChI is InChI=1S/C13H21N5O2/c1-11(10-17-8-6-16(2)7-9-17)15-13-12(18(19)20)4-3-5-14-13/h3-5,11H,6-10H2,1-2H3,(H,14,15). The number of aromatic nitrogens is 1. The Balaban J connectivity index is 1.91. The molecule has 0 amide bonds. The van der Waals surface area contributed by atoms with E-state index in [-0.39, 0.29) is 11.7 Å². The van der Waals surface area contributed by atoms with Crippen LogP contribution in [0.15, 0.2) is 18.3 Å². The molecule has 2 heterocycles. The van der Waals surface area contributed by atoms with Gasteiger partial charge in [0.15, 0.2) is 0 Å². The van der Waals surface area contributed by atoms with Crippen molar-refractivity contribution in [3.05, 3.63) is 28.4 Å². The summed E-state index contributed by atoms with van der Waals surface area (Å²) in [6.45, 7) is 7.09. The highest BCUT2D eigenvalue weighted by Crippen LogP contribution is 2.21. The lowest BCUT2D eigenvalue weighted by molar-refractivity contribution is -0.384. The minimum Gasteiger partial charge on any atom is -0.361 e. The maximum Gasteiger partial charge on any atom is 0.311 e. The SMILES string of the molecule is CC(CN1CCN(C)CC1)Nc1ncccc1[N+](=O)[O-]. The quantitative estimate of drug-likeness (QED) is 0.641. The van der Waals surface area contributed by atoms with E-state index in [0.29, 0.717) is 5.82 Å². The maximum absolute atomic E-state index is 10.9. The van der Waals surface area contributed by atoms with Crippen LogP contribution >= 0.6 is 0 Å². The van der Waals surface area contributed by atoms with Crippen molar-refractivity contribution in [1.82, 2.24) is 14.8 Å². The smallest absolute Gasteiger partial charge is 0.311 e. The summed E-state index contributed by atoms with van der Waals surface area (Å²) in [4.78, 5) is 19.3. The zero-order chi connectivity index (χ0) is 14.5. The third-order valence-corrected chi connectivity index (χ3v) is 3.49. The zero-order valence-corrected chi connectivity index (χ0v) is 12.0. The molecular weight excluding hydrogens is 258 g/mol. The molecule has 1 aromatic heterocycles. The van der Waals surface area contributed by atoms with Crippen LogP contribution in [0.5, 0.6) is 0 Å². The summed E-state index contributed by atoms with van der Waals surface area (Å²) >= 11 is 0. The number of hydrogen-bond donors (Lipinski definition) is 1. The lowest BCUT2D eigenvalue weighted by Crippen LogP contribution is -2.47. The Morgan fingerprint density at radius 2 is 2.15 bits per heavy atom. The van der Waals surface area contributed by atoms with Crippen LogP contribution in [0.1, 0.15) is 6.92 Å². The largest absolute Gasteiger partial charge is 0.361 e. The maximum atomic E-state index is 10.9. The Labute approximate surface area is 118 Å². The Bertz CT molecular complexity index is 460. The fourth-order valence-electron chi connectivity index (χ4n) is 2.35. The molecule has 7 heteroatoms. The van der Waals surface area contributed by atoms with Crippen LogP contribution in [0.25, 0.3) is 0 Å². The highest BCUT2D eigenvalue weighted by molar-refractivity contribution is 5.55. The molecule has 0 saturated carbocycles. The number of nitrogens with one attached hydrogen (secondary N) is 1. The fourth-order valence-corrected chi connectivity index (χ4v) is 2.35. The van der Waals surface area contributed by atoms with Crippen LogP contribution in [0.2, 0.25) is 0 Å². The molecule has 20 heavy (non-hydrogen) atoms. The number of hydrogen-bond acceptors (Lipinski definition) is 6. The van der Waals surface area contributed by atoms with Crippen molar-refractivity contribution in [1.29, 1.82) is 0 Å². The molecule has 1 aliphatic heterocycles. The summed E-state index contributed by atoms with van der Waals surface area (Å²) in [7, 11) is 2.12. The van der Waals surface area contributed by atoms with Gasteiger partial charge in [0.1, 0.15) is 0 Å². The lowest BCUT2D eigenvalue weighted by Gasteiger charge is -2.34. The summed E-state index contributed by atoms with van der Waals surface area (Å²) in [5.74, 6) is 0.346. The number of likely N-dealkylation sites (N-methyl/N-ethyl adjacent to an activating group) is 1. The number of piperazine rings is 1. The van der Waals surface area contributed by atoms with Gasteiger partial charge in [-0.3, -0.25) is 15.0 Å². The Kier molecular flexibility index (Phi) is 4.86. The van der Waals surface area contributed by atoms with E-state index < -0.39 is 4.92 Å². The summed E-state index contributed by atoms with van der Waals surface area (Å²) in [5.41, 5.74) is 0.0257. The summed E-state index contributed by atoms with van der Waals surface area (Å²) in [6.07, 6.45) is 1.57. The van der Waals surface area contributed by atoms with Gasteiger partial charge in [0.2, 0.25) is 5.82 Å². The number of nitrogens with zero attached hydrogens (tertiary/aromatic N) is 4. The highest BCUT2D eigenvalue weighted by Gasteiger charge is 2.19. The van der Waals surface area contributed by atoms with E-state index in [1.165, 1.54) is 6.07 Å². The van der Waals surface area contributed by atoms with E-state index in [2.05, 4.69) is 27.1 Å². The van der Waals surface area contributed by atoms with Crippen molar-refractivity contribution >= 4 is 11.5 Å². The van der Waals surface area contributed by atoms with E-state index in [4.69, 9.17) is 0 Å². The summed E-state index contributed by atoms with van der Waals surface area (Å²) < 4.78 is 0. The molecule has 1 aromatic rings. The first-order valence-electron chi connectivity index (χ1n) is 6.83. The molecule has 0 radical (unpaired) electrons. The normalized spacial score (nSPS) is 18.7. The van der Waals surface area contributed by atoms with Crippen LogP contribution in [0.4, 0.5) is 11.5 Å². The van der Waals surface area contributed by atoms with E-state index in [1.54, 1.807) is 12.3 Å². The summed E-state index contributed by atoms with van der Waals surface area (Å²) in [5, 5.41) is 14.1. The molecular formula is C13H21N5O2. The van der Waals surface area contributed by atoms with Crippen molar-refractivity contribution in [2.45, 2.75) is 13.0 Å². The van der Waals surface area contributed by atoms with Gasteiger partial charge in [0.05, 0.1) is 4.92 Å². The Morgan fingerprint density at radius 1 is 1.45 bits per heavy atom. The van der Waals surface area contributed by atoms with E-state index in [0.717, 1.165) is 32.7 Å². The number of rotatable bonds is 5. The van der Waals surface area contributed by atoms with Crippen molar-refractivity contribution in [3.8, 4) is 0 Å². The van der Waals surface area contributed by atoms with Crippen molar-refractivity contribution < 1.29 is 4.92 Å². The molecule has 0 aromatic carbocycles. The molecule has 2 rings (SSSR count). The van der Waals surface area contributed by atoms with Gasteiger partial charge in [0, 0.05) is 51.0 Å². The van der Waals surface area contributed by atoms with Crippen LogP contribution < -0.4 is 5.32 Å². The first-order valence-corrected chi connectivity index (χ1v) is 6.83. The Morgan fingerprint density at radius 3 is 2.80 bits per heavy atom. The number of pyridine rings is 1. The third-order valence-electron chi connectivity index (χ3n) is 3.49. The zero-order valence-electron chi connectivity index (χ0n) is 12.0. The van der Waals surface area contributed by atoms with Gasteiger partial charge >= 0.3 is 5.69 Å². The predicted octanol–water partition coefficient (Wildman–Crippen LogP) is 1.04. The average molecular weight is 279 g/mol. The molecule has 0 bridgehead atoms. The average Bonchev–Trinajstić information content (AvgIpc) is 2.41. The third kappa shape index (κ3) is 3.88. The number of anilines is 1. The van der Waals surface area contributed by atoms with Crippen LogP contribution in [0, 0.1) is 10.1 Å². The molecule has 1 atom stereocenters. The predicted molar refractivity (Wildman–Crippen MR) is 77.9 cm³/mol. The second-order valence-corrected chi connectivity index (χ2v) is 5.28. The van der Waals surface area contributed by atoms with Gasteiger partial charge in [0.25, 0.3) is 0 Å². The molecule has 1 aliphatic rings. The molecule has 0 spiro atoms. The van der Waals surface area contributed by atoms with E-state index in [1.807, 2.05) is 6.92 Å². The van der Waals surface area contributed by atoms with Crippen LogP contribution in [0.3, 0.4) is 0 Å². The van der Waals surface area contributed by atoms with Gasteiger partial charge in [-0.05, 0) is 20.0 Å². The second-order valence-electron chi connectivity index (χ2n) is 5.28. The first-order chi connectivity index (χ1) is 9.56. The van der Waals surface area contributed by atoms with E-state index in [9.17, 15) is 10.1 Å². The second kappa shape index (κ2) is 6.62.